The second-order valence-electron chi connectivity index (χ2n) is 8.09. The molecular weight excluding hydrogens is 360 g/mol. The van der Waals surface area contributed by atoms with Crippen LogP contribution in [0.1, 0.15) is 60.8 Å². The molecule has 0 amide bonds. The molecule has 0 saturated heterocycles. The van der Waals surface area contributed by atoms with Crippen LogP contribution in [0.5, 0.6) is 0 Å². The number of hydrogen-bond acceptors (Lipinski definition) is 7. The van der Waals surface area contributed by atoms with Crippen LogP contribution in [0.25, 0.3) is 0 Å². The SMILES string of the molecule is CC(C)(C)SC(=O)OC1/C=C/C(OC(=O)SC(C)(C)C)CC(O)CC1. The Bertz CT molecular complexity index is 491. The van der Waals surface area contributed by atoms with Crippen molar-refractivity contribution in [3.05, 3.63) is 12.2 Å². The van der Waals surface area contributed by atoms with E-state index in [9.17, 15) is 14.7 Å². The normalized spacial score (nSPS) is 26.3. The number of ether oxygens (including phenoxy) is 2. The van der Waals surface area contributed by atoms with Crippen LogP contribution in [0.3, 0.4) is 0 Å². The highest BCUT2D eigenvalue weighted by atomic mass is 32.2. The Morgan fingerprint density at radius 2 is 1.32 bits per heavy atom. The maximum Gasteiger partial charge on any atom is 0.368 e. The van der Waals surface area contributed by atoms with Gasteiger partial charge in [0.1, 0.15) is 12.2 Å². The Morgan fingerprint density at radius 3 is 1.80 bits per heavy atom. The van der Waals surface area contributed by atoms with Gasteiger partial charge in [-0.05, 0) is 48.5 Å². The highest BCUT2D eigenvalue weighted by Crippen LogP contribution is 2.29. The number of thioether (sulfide) groups is 2. The van der Waals surface area contributed by atoms with Crippen molar-refractivity contribution in [1.29, 1.82) is 0 Å². The van der Waals surface area contributed by atoms with E-state index >= 15 is 0 Å². The summed E-state index contributed by atoms with van der Waals surface area (Å²) in [7, 11) is 0. The van der Waals surface area contributed by atoms with E-state index in [-0.39, 0.29) is 20.1 Å². The van der Waals surface area contributed by atoms with Crippen LogP contribution in [-0.2, 0) is 9.47 Å². The molecule has 144 valence electrons. The van der Waals surface area contributed by atoms with Crippen LogP contribution in [0.4, 0.5) is 9.59 Å². The van der Waals surface area contributed by atoms with Crippen LogP contribution < -0.4 is 0 Å². The summed E-state index contributed by atoms with van der Waals surface area (Å²) < 4.78 is 10.5. The van der Waals surface area contributed by atoms with Crippen molar-refractivity contribution in [2.75, 3.05) is 0 Å². The lowest BCUT2D eigenvalue weighted by Gasteiger charge is -2.25. The van der Waals surface area contributed by atoms with Gasteiger partial charge in [0.15, 0.2) is 0 Å². The standard InChI is InChI=1S/C18H30O5S2/c1-17(2,3)24-15(20)22-13-8-7-12(19)11-14(10-9-13)23-16(21)25-18(4,5)6/h9-10,12-14,19H,7-8,11H2,1-6H3/b10-9+. The van der Waals surface area contributed by atoms with Gasteiger partial charge in [0.05, 0.1) is 6.10 Å². The van der Waals surface area contributed by atoms with Crippen molar-refractivity contribution in [2.24, 2.45) is 0 Å². The van der Waals surface area contributed by atoms with E-state index in [1.165, 1.54) is 0 Å². The fraction of sp³-hybridized carbons (Fsp3) is 0.778. The van der Waals surface area contributed by atoms with Gasteiger partial charge in [-0.1, -0.05) is 41.5 Å². The molecule has 3 atom stereocenters. The molecule has 0 aromatic carbocycles. The molecule has 25 heavy (non-hydrogen) atoms. The topological polar surface area (TPSA) is 72.8 Å². The summed E-state index contributed by atoms with van der Waals surface area (Å²) in [5.41, 5.74) is 0. The molecule has 0 bridgehead atoms. The molecule has 0 aromatic rings. The minimum atomic E-state index is -0.598. The molecule has 1 N–H and O–H groups in total. The molecule has 0 heterocycles. The maximum absolute atomic E-state index is 12.0. The minimum Gasteiger partial charge on any atom is -0.450 e. The van der Waals surface area contributed by atoms with E-state index in [0.717, 1.165) is 23.5 Å². The molecule has 0 saturated carbocycles. The molecule has 5 nitrogen and oxygen atoms in total. The monoisotopic (exact) mass is 390 g/mol. The molecule has 0 fully saturated rings. The Labute approximate surface area is 159 Å². The summed E-state index contributed by atoms with van der Waals surface area (Å²) in [5.74, 6) is 0. The first-order valence-corrected chi connectivity index (χ1v) is 10.1. The van der Waals surface area contributed by atoms with Crippen molar-refractivity contribution in [2.45, 2.75) is 88.6 Å². The van der Waals surface area contributed by atoms with Gasteiger partial charge >= 0.3 is 10.6 Å². The molecule has 7 heteroatoms. The van der Waals surface area contributed by atoms with Crippen molar-refractivity contribution < 1.29 is 24.2 Å². The highest BCUT2D eigenvalue weighted by Gasteiger charge is 2.26. The molecule has 3 unspecified atom stereocenters. The molecule has 1 aliphatic rings. The summed E-state index contributed by atoms with van der Waals surface area (Å²) in [4.78, 5) is 24.0. The van der Waals surface area contributed by atoms with Crippen molar-refractivity contribution in [1.82, 2.24) is 0 Å². The first-order valence-electron chi connectivity index (χ1n) is 8.50. The Hall–Kier alpha value is -0.660. The van der Waals surface area contributed by atoms with Gasteiger partial charge in [-0.3, -0.25) is 0 Å². The van der Waals surface area contributed by atoms with E-state index in [2.05, 4.69) is 0 Å². The van der Waals surface area contributed by atoms with Crippen molar-refractivity contribution >= 4 is 34.1 Å². The average Bonchev–Trinajstić information content (AvgIpc) is 2.35. The largest absolute Gasteiger partial charge is 0.450 e. The van der Waals surface area contributed by atoms with Gasteiger partial charge in [-0.15, -0.1) is 0 Å². The quantitative estimate of drug-likeness (QED) is 0.515. The summed E-state index contributed by atoms with van der Waals surface area (Å²) in [6.45, 7) is 11.6. The molecule has 1 aliphatic carbocycles. The lowest BCUT2D eigenvalue weighted by atomic mass is 10.00. The third-order valence-corrected chi connectivity index (χ3v) is 4.85. The number of carbonyl (C=O) groups is 2. The van der Waals surface area contributed by atoms with E-state index in [1.54, 1.807) is 12.2 Å². The fourth-order valence-corrected chi connectivity index (χ4v) is 3.49. The predicted molar refractivity (Wildman–Crippen MR) is 104 cm³/mol. The smallest absolute Gasteiger partial charge is 0.368 e. The lowest BCUT2D eigenvalue weighted by molar-refractivity contribution is 0.0665. The highest BCUT2D eigenvalue weighted by molar-refractivity contribution is 8.14. The van der Waals surface area contributed by atoms with Crippen molar-refractivity contribution in [3.63, 3.8) is 0 Å². The van der Waals surface area contributed by atoms with Crippen LogP contribution in [0.2, 0.25) is 0 Å². The lowest BCUT2D eigenvalue weighted by Crippen LogP contribution is -2.27. The molecule has 0 radical (unpaired) electrons. The summed E-state index contributed by atoms with van der Waals surface area (Å²) in [5, 5.41) is 9.38. The average molecular weight is 391 g/mol. The summed E-state index contributed by atoms with van der Waals surface area (Å²) in [6, 6.07) is 0. The molecular formula is C18H30O5S2. The van der Waals surface area contributed by atoms with E-state index < -0.39 is 18.3 Å². The summed E-state index contributed by atoms with van der Waals surface area (Å²) in [6.07, 6.45) is 3.32. The van der Waals surface area contributed by atoms with Gasteiger partial charge in [0.25, 0.3) is 0 Å². The van der Waals surface area contributed by atoms with Gasteiger partial charge in [0.2, 0.25) is 0 Å². The third kappa shape index (κ3) is 10.8. The van der Waals surface area contributed by atoms with Gasteiger partial charge in [-0.25, -0.2) is 9.59 Å². The van der Waals surface area contributed by atoms with Crippen molar-refractivity contribution in [3.8, 4) is 0 Å². The number of aliphatic hydroxyl groups excluding tert-OH is 1. The number of rotatable bonds is 2. The van der Waals surface area contributed by atoms with Gasteiger partial charge in [-0.2, -0.15) is 0 Å². The molecule has 0 spiro atoms. The summed E-state index contributed by atoms with van der Waals surface area (Å²) >= 11 is 2.25. The maximum atomic E-state index is 12.0. The van der Waals surface area contributed by atoms with E-state index in [4.69, 9.17) is 9.47 Å². The van der Waals surface area contributed by atoms with E-state index in [1.807, 2.05) is 41.5 Å². The Morgan fingerprint density at radius 1 is 0.880 bits per heavy atom. The van der Waals surface area contributed by atoms with Gasteiger partial charge in [0, 0.05) is 15.9 Å². The molecule has 0 aliphatic heterocycles. The van der Waals surface area contributed by atoms with E-state index in [0.29, 0.717) is 19.3 Å². The second kappa shape index (κ2) is 9.33. The van der Waals surface area contributed by atoms with Gasteiger partial charge < -0.3 is 14.6 Å². The molecule has 0 aromatic heterocycles. The van der Waals surface area contributed by atoms with Crippen LogP contribution in [0.15, 0.2) is 12.2 Å². The minimum absolute atomic E-state index is 0.218. The Balaban J connectivity index is 2.66. The molecule has 1 rings (SSSR count). The number of hydrogen-bond donors (Lipinski definition) is 1. The van der Waals surface area contributed by atoms with Crippen LogP contribution >= 0.6 is 23.5 Å². The Kier molecular flexibility index (Phi) is 8.35. The zero-order valence-corrected chi connectivity index (χ0v) is 17.5. The zero-order valence-electron chi connectivity index (χ0n) is 15.9. The number of carbonyl (C=O) groups excluding carboxylic acids is 2. The fourth-order valence-electron chi connectivity index (χ4n) is 2.15. The first kappa shape index (κ1) is 22.4. The van der Waals surface area contributed by atoms with Crippen LogP contribution in [-0.4, -0.2) is 43.5 Å². The second-order valence-corrected chi connectivity index (χ2v) is 11.6. The van der Waals surface area contributed by atoms with Crippen LogP contribution in [0, 0.1) is 0 Å². The first-order chi connectivity index (χ1) is 11.3. The predicted octanol–water partition coefficient (Wildman–Crippen LogP) is 5.16. The zero-order chi connectivity index (χ0) is 19.3. The number of aliphatic hydroxyl groups is 1. The third-order valence-electron chi connectivity index (χ3n) is 3.10.